The molecule has 76 valence electrons. The van der Waals surface area contributed by atoms with Gasteiger partial charge in [0.1, 0.15) is 0 Å². The molecule has 0 aliphatic heterocycles. The zero-order chi connectivity index (χ0) is 10.8. The fourth-order valence-corrected chi connectivity index (χ4v) is 1.70. The van der Waals surface area contributed by atoms with Gasteiger partial charge in [0.05, 0.1) is 5.69 Å². The van der Waals surface area contributed by atoms with Crippen molar-refractivity contribution in [2.45, 2.75) is 6.92 Å². The number of benzene rings is 1. The van der Waals surface area contributed by atoms with E-state index in [1.165, 1.54) is 6.07 Å². The molecule has 1 heterocycles. The lowest BCUT2D eigenvalue weighted by Crippen LogP contribution is -2.10. The zero-order valence-electron chi connectivity index (χ0n) is 8.23. The van der Waals surface area contributed by atoms with Crippen LogP contribution in [0.2, 0.25) is 0 Å². The van der Waals surface area contributed by atoms with E-state index in [4.69, 9.17) is 12.2 Å². The molecule has 15 heavy (non-hydrogen) atoms. The second-order valence-electron chi connectivity index (χ2n) is 3.27. The zero-order valence-corrected chi connectivity index (χ0v) is 9.04. The highest BCUT2D eigenvalue weighted by Crippen LogP contribution is 2.12. The lowest BCUT2D eigenvalue weighted by atomic mass is 10.2. The summed E-state index contributed by atoms with van der Waals surface area (Å²) in [6, 6.07) is 9.33. The normalized spacial score (nSPS) is 10.2. The first kappa shape index (κ1) is 9.86. The van der Waals surface area contributed by atoms with Gasteiger partial charge in [-0.15, -0.1) is 0 Å². The predicted octanol–water partition coefficient (Wildman–Crippen LogP) is 2.20. The number of nitrogens with zero attached hydrogens (tertiary/aromatic N) is 1. The summed E-state index contributed by atoms with van der Waals surface area (Å²) in [5.41, 5.74) is 1.92. The van der Waals surface area contributed by atoms with Gasteiger partial charge in [0.25, 0.3) is 5.56 Å². The van der Waals surface area contributed by atoms with Crippen molar-refractivity contribution in [1.82, 2.24) is 9.55 Å². The smallest absolute Gasteiger partial charge is 0.251 e. The minimum absolute atomic E-state index is 0.176. The van der Waals surface area contributed by atoms with Crippen molar-refractivity contribution in [3.8, 4) is 5.69 Å². The van der Waals surface area contributed by atoms with Gasteiger partial charge in [-0.25, -0.2) is 0 Å². The monoisotopic (exact) mass is 218 g/mol. The van der Waals surface area contributed by atoms with Gasteiger partial charge in [0.15, 0.2) is 4.77 Å². The van der Waals surface area contributed by atoms with Gasteiger partial charge >= 0.3 is 0 Å². The van der Waals surface area contributed by atoms with E-state index in [1.807, 2.05) is 31.2 Å². The Labute approximate surface area is 92.0 Å². The Balaban J connectivity index is 2.70. The van der Waals surface area contributed by atoms with E-state index in [0.717, 1.165) is 11.3 Å². The molecular formula is C11H10N2OS. The van der Waals surface area contributed by atoms with Crippen LogP contribution in [0.3, 0.4) is 0 Å². The Hall–Kier alpha value is -1.68. The minimum atomic E-state index is -0.176. The lowest BCUT2D eigenvalue weighted by molar-refractivity contribution is 0.929. The first-order chi connectivity index (χ1) is 7.18. The SMILES string of the molecule is Cc1ccccc1-n1ccc(=O)[nH]c1=S. The van der Waals surface area contributed by atoms with Crippen molar-refractivity contribution in [2.24, 2.45) is 0 Å². The van der Waals surface area contributed by atoms with Crippen LogP contribution in [0.1, 0.15) is 5.56 Å². The molecule has 4 heteroatoms. The van der Waals surface area contributed by atoms with Crippen molar-refractivity contribution in [3.05, 3.63) is 57.2 Å². The molecule has 0 atom stereocenters. The average molecular weight is 218 g/mol. The molecule has 0 unspecified atom stereocenters. The topological polar surface area (TPSA) is 37.8 Å². The fraction of sp³-hybridized carbons (Fsp3) is 0.0909. The van der Waals surface area contributed by atoms with E-state index >= 15 is 0 Å². The number of H-pyrrole nitrogens is 1. The van der Waals surface area contributed by atoms with Gasteiger partial charge in [-0.2, -0.15) is 0 Å². The van der Waals surface area contributed by atoms with Crippen LogP contribution < -0.4 is 5.56 Å². The standard InChI is InChI=1S/C11H10N2OS/c1-8-4-2-3-5-9(8)13-7-6-10(14)12-11(13)15/h2-7H,1H3,(H,12,14,15). The van der Waals surface area contributed by atoms with Gasteiger partial charge in [-0.05, 0) is 30.8 Å². The number of rotatable bonds is 1. The maximum Gasteiger partial charge on any atom is 0.251 e. The van der Waals surface area contributed by atoms with Crippen LogP contribution in [0.25, 0.3) is 5.69 Å². The molecule has 3 nitrogen and oxygen atoms in total. The summed E-state index contributed by atoms with van der Waals surface area (Å²) in [6.45, 7) is 2.00. The molecule has 2 aromatic rings. The summed E-state index contributed by atoms with van der Waals surface area (Å²) < 4.78 is 2.20. The molecule has 0 saturated heterocycles. The summed E-state index contributed by atoms with van der Waals surface area (Å²) >= 11 is 5.09. The van der Waals surface area contributed by atoms with Crippen LogP contribution in [0.15, 0.2) is 41.3 Å². The van der Waals surface area contributed by atoms with Crippen molar-refractivity contribution in [3.63, 3.8) is 0 Å². The number of aromatic amines is 1. The highest BCUT2D eigenvalue weighted by molar-refractivity contribution is 7.71. The van der Waals surface area contributed by atoms with Gasteiger partial charge in [-0.3, -0.25) is 14.3 Å². The molecule has 0 saturated carbocycles. The maximum absolute atomic E-state index is 11.0. The number of hydrogen-bond donors (Lipinski definition) is 1. The first-order valence-electron chi connectivity index (χ1n) is 4.56. The average Bonchev–Trinajstić information content (AvgIpc) is 2.20. The van der Waals surface area contributed by atoms with E-state index in [0.29, 0.717) is 4.77 Å². The fourth-order valence-electron chi connectivity index (χ4n) is 1.44. The van der Waals surface area contributed by atoms with E-state index in [-0.39, 0.29) is 5.56 Å². The van der Waals surface area contributed by atoms with Crippen molar-refractivity contribution in [1.29, 1.82) is 0 Å². The molecule has 0 amide bonds. The molecule has 0 bridgehead atoms. The number of aromatic nitrogens is 2. The second-order valence-corrected chi connectivity index (χ2v) is 3.65. The Morgan fingerprint density at radius 2 is 2.00 bits per heavy atom. The van der Waals surface area contributed by atoms with Crippen LogP contribution in [-0.2, 0) is 0 Å². The first-order valence-corrected chi connectivity index (χ1v) is 4.97. The summed E-state index contributed by atoms with van der Waals surface area (Å²) in [5, 5.41) is 0. The van der Waals surface area contributed by atoms with Gasteiger partial charge < -0.3 is 0 Å². The molecule has 1 N–H and O–H groups in total. The molecule has 0 fully saturated rings. The van der Waals surface area contributed by atoms with Gasteiger partial charge in [0.2, 0.25) is 0 Å². The molecule has 0 aliphatic rings. The third-order valence-electron chi connectivity index (χ3n) is 2.20. The highest BCUT2D eigenvalue weighted by atomic mass is 32.1. The minimum Gasteiger partial charge on any atom is -0.299 e. The summed E-state index contributed by atoms with van der Waals surface area (Å²) in [7, 11) is 0. The Morgan fingerprint density at radius 3 is 2.67 bits per heavy atom. The summed E-state index contributed by atoms with van der Waals surface area (Å²) in [5.74, 6) is 0. The Morgan fingerprint density at radius 1 is 1.27 bits per heavy atom. The maximum atomic E-state index is 11.0. The Bertz CT molecular complexity index is 598. The van der Waals surface area contributed by atoms with Crippen LogP contribution in [0.5, 0.6) is 0 Å². The summed E-state index contributed by atoms with van der Waals surface area (Å²) in [6.07, 6.45) is 1.68. The van der Waals surface area contributed by atoms with E-state index in [2.05, 4.69) is 4.98 Å². The van der Waals surface area contributed by atoms with E-state index in [1.54, 1.807) is 10.8 Å². The quantitative estimate of drug-likeness (QED) is 0.745. The number of nitrogens with one attached hydrogen (secondary N) is 1. The highest BCUT2D eigenvalue weighted by Gasteiger charge is 1.99. The van der Waals surface area contributed by atoms with Crippen LogP contribution in [0.4, 0.5) is 0 Å². The lowest BCUT2D eigenvalue weighted by Gasteiger charge is -2.08. The molecule has 0 radical (unpaired) electrons. The number of hydrogen-bond acceptors (Lipinski definition) is 2. The predicted molar refractivity (Wildman–Crippen MR) is 62.0 cm³/mol. The third-order valence-corrected chi connectivity index (χ3v) is 2.50. The number of para-hydroxylation sites is 1. The molecule has 0 aliphatic carbocycles. The number of aryl methyl sites for hydroxylation is 1. The Kier molecular flexibility index (Phi) is 2.51. The van der Waals surface area contributed by atoms with Crippen LogP contribution in [-0.4, -0.2) is 9.55 Å². The van der Waals surface area contributed by atoms with Crippen LogP contribution in [0, 0.1) is 11.7 Å². The van der Waals surface area contributed by atoms with E-state index in [9.17, 15) is 4.79 Å². The molecular weight excluding hydrogens is 208 g/mol. The second kappa shape index (κ2) is 3.82. The summed E-state index contributed by atoms with van der Waals surface area (Å²) in [4.78, 5) is 13.6. The third kappa shape index (κ3) is 1.89. The molecule has 1 aromatic heterocycles. The van der Waals surface area contributed by atoms with Gasteiger partial charge in [0, 0.05) is 12.3 Å². The van der Waals surface area contributed by atoms with Gasteiger partial charge in [-0.1, -0.05) is 18.2 Å². The van der Waals surface area contributed by atoms with Crippen molar-refractivity contribution in [2.75, 3.05) is 0 Å². The van der Waals surface area contributed by atoms with E-state index < -0.39 is 0 Å². The van der Waals surface area contributed by atoms with Crippen LogP contribution >= 0.6 is 12.2 Å². The largest absolute Gasteiger partial charge is 0.299 e. The molecule has 1 aromatic carbocycles. The molecule has 0 spiro atoms. The van der Waals surface area contributed by atoms with Crippen molar-refractivity contribution < 1.29 is 0 Å². The molecule has 2 rings (SSSR count). The van der Waals surface area contributed by atoms with Crippen molar-refractivity contribution >= 4 is 12.2 Å².